The Hall–Kier alpha value is -1.29. The van der Waals surface area contributed by atoms with Crippen LogP contribution in [0.3, 0.4) is 0 Å². The standard InChI is InChI=1S/C13H17FN2O/c1-2-16-12-4-3-10(14)5-11(12)15-6-9-7-17-8-13(9)16/h3-5,9,13,15H,2,6-8H2,1H3. The molecule has 0 aromatic heterocycles. The largest absolute Gasteiger partial charge is 0.383 e. The first kappa shape index (κ1) is 10.8. The van der Waals surface area contributed by atoms with Gasteiger partial charge in [0.1, 0.15) is 5.82 Å². The fourth-order valence-electron chi connectivity index (χ4n) is 2.85. The molecule has 3 nitrogen and oxygen atoms in total. The van der Waals surface area contributed by atoms with Crippen molar-refractivity contribution in [2.24, 2.45) is 5.92 Å². The SMILES string of the molecule is CCN1c2ccc(F)cc2NCC2COCC21. The molecule has 0 spiro atoms. The number of ether oxygens (including phenoxy) is 1. The maximum atomic E-state index is 13.3. The maximum Gasteiger partial charge on any atom is 0.125 e. The molecule has 0 amide bonds. The summed E-state index contributed by atoms with van der Waals surface area (Å²) in [6.45, 7) is 5.48. The van der Waals surface area contributed by atoms with Crippen molar-refractivity contribution in [3.05, 3.63) is 24.0 Å². The molecule has 0 aliphatic carbocycles. The summed E-state index contributed by atoms with van der Waals surface area (Å²) in [6, 6.07) is 5.39. The number of hydrogen-bond donors (Lipinski definition) is 1. The van der Waals surface area contributed by atoms with Gasteiger partial charge in [-0.15, -0.1) is 0 Å². The third-order valence-electron chi connectivity index (χ3n) is 3.73. The topological polar surface area (TPSA) is 24.5 Å². The van der Waals surface area contributed by atoms with Crippen LogP contribution in [0.1, 0.15) is 6.92 Å². The second kappa shape index (κ2) is 4.18. The third kappa shape index (κ3) is 1.76. The molecule has 1 N–H and O–H groups in total. The van der Waals surface area contributed by atoms with E-state index in [2.05, 4.69) is 17.1 Å². The Morgan fingerprint density at radius 3 is 3.18 bits per heavy atom. The summed E-state index contributed by atoms with van der Waals surface area (Å²) in [5, 5.41) is 3.34. The summed E-state index contributed by atoms with van der Waals surface area (Å²) < 4.78 is 18.8. The van der Waals surface area contributed by atoms with Gasteiger partial charge in [-0.25, -0.2) is 4.39 Å². The molecule has 2 heterocycles. The summed E-state index contributed by atoms with van der Waals surface area (Å²) >= 11 is 0. The number of rotatable bonds is 1. The molecule has 1 fully saturated rings. The Balaban J connectivity index is 2.02. The number of halogens is 1. The van der Waals surface area contributed by atoms with Crippen molar-refractivity contribution in [3.63, 3.8) is 0 Å². The molecule has 1 saturated heterocycles. The Morgan fingerprint density at radius 1 is 1.47 bits per heavy atom. The Morgan fingerprint density at radius 2 is 2.35 bits per heavy atom. The molecule has 17 heavy (non-hydrogen) atoms. The third-order valence-corrected chi connectivity index (χ3v) is 3.73. The van der Waals surface area contributed by atoms with Crippen molar-refractivity contribution in [2.45, 2.75) is 13.0 Å². The van der Waals surface area contributed by atoms with Crippen LogP contribution in [-0.4, -0.2) is 32.3 Å². The number of nitrogens with one attached hydrogen (secondary N) is 1. The Labute approximate surface area is 101 Å². The van der Waals surface area contributed by atoms with Crippen LogP contribution in [0.4, 0.5) is 15.8 Å². The minimum Gasteiger partial charge on any atom is -0.383 e. The fraction of sp³-hybridized carbons (Fsp3) is 0.538. The molecule has 2 aliphatic rings. The summed E-state index contributed by atoms with van der Waals surface area (Å²) in [5.41, 5.74) is 1.99. The molecular weight excluding hydrogens is 219 g/mol. The van der Waals surface area contributed by atoms with E-state index in [9.17, 15) is 4.39 Å². The van der Waals surface area contributed by atoms with Gasteiger partial charge in [0.25, 0.3) is 0 Å². The first-order valence-electron chi connectivity index (χ1n) is 6.17. The van der Waals surface area contributed by atoms with Crippen LogP contribution in [0.5, 0.6) is 0 Å². The lowest BCUT2D eigenvalue weighted by molar-refractivity contribution is 0.185. The quantitative estimate of drug-likeness (QED) is 0.808. The monoisotopic (exact) mass is 236 g/mol. The van der Waals surface area contributed by atoms with Crippen LogP contribution in [0.25, 0.3) is 0 Å². The van der Waals surface area contributed by atoms with E-state index < -0.39 is 0 Å². The van der Waals surface area contributed by atoms with Crippen LogP contribution >= 0.6 is 0 Å². The van der Waals surface area contributed by atoms with Gasteiger partial charge in [-0.1, -0.05) is 0 Å². The highest BCUT2D eigenvalue weighted by molar-refractivity contribution is 5.71. The average Bonchev–Trinajstić information content (AvgIpc) is 2.73. The second-order valence-electron chi connectivity index (χ2n) is 4.69. The van der Waals surface area contributed by atoms with Crippen molar-refractivity contribution < 1.29 is 9.13 Å². The lowest BCUT2D eigenvalue weighted by Gasteiger charge is -2.30. The van der Waals surface area contributed by atoms with Crippen LogP contribution in [0.2, 0.25) is 0 Å². The fourth-order valence-corrected chi connectivity index (χ4v) is 2.85. The van der Waals surface area contributed by atoms with E-state index in [1.54, 1.807) is 6.07 Å². The average molecular weight is 236 g/mol. The van der Waals surface area contributed by atoms with Gasteiger partial charge in [-0.05, 0) is 25.1 Å². The van der Waals surface area contributed by atoms with E-state index in [1.165, 1.54) is 6.07 Å². The smallest absolute Gasteiger partial charge is 0.125 e. The van der Waals surface area contributed by atoms with Crippen molar-refractivity contribution in [2.75, 3.05) is 36.5 Å². The molecule has 1 aromatic rings. The lowest BCUT2D eigenvalue weighted by Crippen LogP contribution is -2.40. The minimum atomic E-state index is -0.185. The highest BCUT2D eigenvalue weighted by Crippen LogP contribution is 2.35. The van der Waals surface area contributed by atoms with Crippen LogP contribution in [-0.2, 0) is 4.74 Å². The zero-order valence-corrected chi connectivity index (χ0v) is 9.95. The number of anilines is 2. The van der Waals surface area contributed by atoms with E-state index in [4.69, 9.17) is 4.74 Å². The summed E-state index contributed by atoms with van der Waals surface area (Å²) in [4.78, 5) is 2.33. The second-order valence-corrected chi connectivity index (χ2v) is 4.69. The highest BCUT2D eigenvalue weighted by Gasteiger charge is 2.35. The molecule has 3 rings (SSSR count). The highest BCUT2D eigenvalue weighted by atomic mass is 19.1. The number of likely N-dealkylation sites (N-methyl/N-ethyl adjacent to an activating group) is 1. The summed E-state index contributed by atoms with van der Waals surface area (Å²) in [6.07, 6.45) is 0. The Kier molecular flexibility index (Phi) is 2.67. The molecule has 2 unspecified atom stereocenters. The van der Waals surface area contributed by atoms with Crippen molar-refractivity contribution in [3.8, 4) is 0 Å². The minimum absolute atomic E-state index is 0.185. The molecule has 1 aromatic carbocycles. The molecule has 92 valence electrons. The molecule has 2 atom stereocenters. The van der Waals surface area contributed by atoms with Gasteiger partial charge in [0.15, 0.2) is 0 Å². The van der Waals surface area contributed by atoms with Gasteiger partial charge in [0.2, 0.25) is 0 Å². The molecule has 4 heteroatoms. The molecule has 0 saturated carbocycles. The van der Waals surface area contributed by atoms with Gasteiger partial charge < -0.3 is 15.0 Å². The summed E-state index contributed by atoms with van der Waals surface area (Å²) in [5.74, 6) is 0.307. The van der Waals surface area contributed by atoms with Gasteiger partial charge >= 0.3 is 0 Å². The van der Waals surface area contributed by atoms with Crippen molar-refractivity contribution in [1.29, 1.82) is 0 Å². The lowest BCUT2D eigenvalue weighted by atomic mass is 10.0. The molecule has 0 bridgehead atoms. The Bertz CT molecular complexity index is 424. The van der Waals surface area contributed by atoms with Gasteiger partial charge in [-0.3, -0.25) is 0 Å². The van der Waals surface area contributed by atoms with Gasteiger partial charge in [0.05, 0.1) is 30.6 Å². The number of benzene rings is 1. The van der Waals surface area contributed by atoms with E-state index in [-0.39, 0.29) is 5.82 Å². The molecule has 0 radical (unpaired) electrons. The predicted molar refractivity (Wildman–Crippen MR) is 66.0 cm³/mol. The van der Waals surface area contributed by atoms with E-state index >= 15 is 0 Å². The number of hydrogen-bond acceptors (Lipinski definition) is 3. The van der Waals surface area contributed by atoms with E-state index in [1.807, 2.05) is 6.07 Å². The van der Waals surface area contributed by atoms with Crippen LogP contribution in [0.15, 0.2) is 18.2 Å². The normalized spacial score (nSPS) is 27.1. The summed E-state index contributed by atoms with van der Waals surface area (Å²) in [7, 11) is 0. The van der Waals surface area contributed by atoms with E-state index in [0.29, 0.717) is 12.0 Å². The number of nitrogens with zero attached hydrogens (tertiary/aromatic N) is 1. The van der Waals surface area contributed by atoms with Gasteiger partial charge in [0, 0.05) is 19.0 Å². The van der Waals surface area contributed by atoms with Crippen molar-refractivity contribution in [1.82, 2.24) is 0 Å². The first-order chi connectivity index (χ1) is 8.29. The molecular formula is C13H17FN2O. The number of fused-ring (bicyclic) bond motifs is 2. The van der Waals surface area contributed by atoms with Crippen LogP contribution in [0, 0.1) is 11.7 Å². The van der Waals surface area contributed by atoms with E-state index in [0.717, 1.165) is 37.7 Å². The first-order valence-corrected chi connectivity index (χ1v) is 6.17. The van der Waals surface area contributed by atoms with Crippen molar-refractivity contribution >= 4 is 11.4 Å². The zero-order valence-electron chi connectivity index (χ0n) is 9.95. The maximum absolute atomic E-state index is 13.3. The predicted octanol–water partition coefficient (Wildman–Crippen LogP) is 2.09. The van der Waals surface area contributed by atoms with Gasteiger partial charge in [-0.2, -0.15) is 0 Å². The molecule has 2 aliphatic heterocycles. The zero-order chi connectivity index (χ0) is 11.8. The van der Waals surface area contributed by atoms with Crippen LogP contribution < -0.4 is 10.2 Å².